The van der Waals surface area contributed by atoms with Crippen LogP contribution in [0.1, 0.15) is 95.6 Å². The first-order chi connectivity index (χ1) is 24.3. The Labute approximate surface area is 299 Å². The number of halogens is 1. The average Bonchev–Trinajstić information content (AvgIpc) is 3.89. The number of aryl methyl sites for hydroxylation is 2. The highest BCUT2D eigenvalue weighted by Crippen LogP contribution is 2.57. The van der Waals surface area contributed by atoms with Gasteiger partial charge in [0.2, 0.25) is 21.8 Å². The van der Waals surface area contributed by atoms with Crippen LogP contribution in [0.4, 0.5) is 4.39 Å². The van der Waals surface area contributed by atoms with Crippen molar-refractivity contribution in [3.05, 3.63) is 71.6 Å². The highest BCUT2D eigenvalue weighted by molar-refractivity contribution is 7.91. The van der Waals surface area contributed by atoms with Gasteiger partial charge >= 0.3 is 6.08 Å². The Morgan fingerprint density at radius 2 is 1.92 bits per heavy atom. The number of carbonyl (C=O) groups excluding carboxylic acids is 3. The monoisotopic (exact) mass is 721 g/mol. The number of rotatable bonds is 17. The van der Waals surface area contributed by atoms with Gasteiger partial charge in [0.15, 0.2) is 11.4 Å². The number of fused-ring (bicyclic) bond motifs is 1. The molecule has 3 fully saturated rings. The van der Waals surface area contributed by atoms with Gasteiger partial charge in [0.25, 0.3) is 0 Å². The number of ether oxygens (including phenoxy) is 1. The molecule has 3 aromatic rings. The van der Waals surface area contributed by atoms with Gasteiger partial charge in [0.1, 0.15) is 17.4 Å². The summed E-state index contributed by atoms with van der Waals surface area (Å²) in [6.45, 7) is 5.63. The fourth-order valence-corrected chi connectivity index (χ4v) is 8.49. The molecule has 1 saturated heterocycles. The van der Waals surface area contributed by atoms with Crippen LogP contribution in [0.3, 0.4) is 0 Å². The predicted octanol–water partition coefficient (Wildman–Crippen LogP) is 6.75. The molecule has 274 valence electrons. The zero-order valence-corrected chi connectivity index (χ0v) is 30.5. The molecule has 0 radical (unpaired) electrons. The molecular weight excluding hydrogens is 674 g/mol. The smallest absolute Gasteiger partial charge is 0.394 e. The largest absolute Gasteiger partial charge is 0.445 e. The van der Waals surface area contributed by atoms with Gasteiger partial charge < -0.3 is 14.1 Å². The Kier molecular flexibility index (Phi) is 10.7. The highest BCUT2D eigenvalue weighted by Gasteiger charge is 2.62. The predicted molar refractivity (Wildman–Crippen MR) is 191 cm³/mol. The molecule has 10 nitrogen and oxygen atoms in total. The molecule has 0 bridgehead atoms. The first-order valence-corrected chi connectivity index (χ1v) is 19.6. The number of amides is 2. The lowest BCUT2D eigenvalue weighted by Crippen LogP contribution is -2.46. The van der Waals surface area contributed by atoms with Crippen LogP contribution in [0.15, 0.2) is 59.0 Å². The molecule has 0 unspecified atom stereocenters. The topological polar surface area (TPSA) is 136 Å². The molecule has 1 aromatic heterocycles. The molecule has 1 N–H and O–H groups in total. The van der Waals surface area contributed by atoms with Crippen molar-refractivity contribution in [2.24, 2.45) is 11.3 Å². The Hall–Kier alpha value is -4.06. The first kappa shape index (κ1) is 36.7. The van der Waals surface area contributed by atoms with Gasteiger partial charge in [0, 0.05) is 19.3 Å². The molecule has 2 heterocycles. The van der Waals surface area contributed by atoms with Crippen molar-refractivity contribution in [1.29, 1.82) is 0 Å². The molecule has 3 aliphatic rings. The molecule has 2 amide bonds. The van der Waals surface area contributed by atoms with E-state index in [2.05, 4.69) is 16.6 Å². The summed E-state index contributed by atoms with van der Waals surface area (Å²) in [5.74, 6) is -1.99. The molecule has 51 heavy (non-hydrogen) atoms. The number of nitrogens with one attached hydrogen (secondary N) is 1. The maximum atomic E-state index is 14.3. The number of carbonyl (C=O) groups is 3. The second kappa shape index (κ2) is 14.9. The molecule has 4 atom stereocenters. The van der Waals surface area contributed by atoms with E-state index in [0.717, 1.165) is 37.7 Å². The highest BCUT2D eigenvalue weighted by atomic mass is 32.2. The number of sulfonamides is 1. The van der Waals surface area contributed by atoms with E-state index in [0.29, 0.717) is 35.9 Å². The van der Waals surface area contributed by atoms with Crippen LogP contribution in [0.2, 0.25) is 0 Å². The van der Waals surface area contributed by atoms with Gasteiger partial charge in [-0.05, 0) is 93.7 Å². The zero-order valence-electron chi connectivity index (χ0n) is 29.7. The first-order valence-electron chi connectivity index (χ1n) is 18.2. The minimum atomic E-state index is -3.92. The van der Waals surface area contributed by atoms with Gasteiger partial charge in [-0.25, -0.2) is 12.8 Å². The van der Waals surface area contributed by atoms with E-state index in [1.54, 1.807) is 26.0 Å². The summed E-state index contributed by atoms with van der Waals surface area (Å²) in [4.78, 5) is 47.8. The zero-order chi connectivity index (χ0) is 36.4. The van der Waals surface area contributed by atoms with Crippen LogP contribution >= 0.6 is 0 Å². The van der Waals surface area contributed by atoms with Crippen molar-refractivity contribution >= 4 is 38.7 Å². The van der Waals surface area contributed by atoms with E-state index in [9.17, 15) is 27.2 Å². The van der Waals surface area contributed by atoms with Crippen LogP contribution in [0, 0.1) is 24.1 Å². The number of aromatic nitrogens is 1. The summed E-state index contributed by atoms with van der Waals surface area (Å²) >= 11 is 0. The van der Waals surface area contributed by atoms with E-state index in [4.69, 9.17) is 9.15 Å². The number of benzene rings is 2. The third-order valence-electron chi connectivity index (χ3n) is 10.7. The summed E-state index contributed by atoms with van der Waals surface area (Å²) in [6, 6.07) is 10.9. The third kappa shape index (κ3) is 8.37. The second-order valence-corrected chi connectivity index (χ2v) is 17.1. The average molecular weight is 722 g/mol. The molecule has 2 aromatic carbocycles. The number of allylic oxidation sites excluding steroid dienone is 2. The minimum Gasteiger partial charge on any atom is -0.445 e. The Morgan fingerprint density at radius 1 is 1.14 bits per heavy atom. The maximum absolute atomic E-state index is 14.3. The Bertz CT molecular complexity index is 1870. The van der Waals surface area contributed by atoms with Crippen LogP contribution in [-0.4, -0.2) is 59.3 Å². The summed E-state index contributed by atoms with van der Waals surface area (Å²) in [5, 5.41) is 0. The number of ketones is 1. The van der Waals surface area contributed by atoms with Gasteiger partial charge in [0.05, 0.1) is 22.7 Å². The van der Waals surface area contributed by atoms with E-state index < -0.39 is 38.2 Å². The standard InChI is InChI=1S/C39H48FN3O7S/c1-4-5-6-7-8-9-12-28-23-39(28,36(46)42-51(47,48)38(3)17-18-38)24-33(44)32-22-30(49-37-41-31-13-10-11-14-34(31)50-37)25-43(32)35(45)16-15-27-19-26(2)20-29(40)21-27/h9-14,19-21,28,30,32H,4-8,15-18,22-25H2,1-3H3,(H,42,46)/b12-9-/t28-,30-,32+,39-/m1/s1. The van der Waals surface area contributed by atoms with E-state index in [-0.39, 0.29) is 61.7 Å². The lowest BCUT2D eigenvalue weighted by atomic mass is 9.91. The van der Waals surface area contributed by atoms with Gasteiger partial charge in [-0.15, -0.1) is 0 Å². The van der Waals surface area contributed by atoms with Crippen LogP contribution in [0.25, 0.3) is 11.1 Å². The number of hydrogen-bond acceptors (Lipinski definition) is 8. The molecular formula is C39H48FN3O7S. The quantitative estimate of drug-likeness (QED) is 0.120. The number of likely N-dealkylation sites (tertiary alicyclic amines) is 1. The number of hydrogen-bond donors (Lipinski definition) is 1. The van der Waals surface area contributed by atoms with Crippen molar-refractivity contribution in [3.8, 4) is 6.08 Å². The van der Waals surface area contributed by atoms with Gasteiger partial charge in [-0.1, -0.05) is 56.5 Å². The Balaban J connectivity index is 1.21. The molecule has 2 aliphatic carbocycles. The molecule has 1 aliphatic heterocycles. The summed E-state index contributed by atoms with van der Waals surface area (Å²) < 4.78 is 53.5. The number of unbranched alkanes of at least 4 members (excludes halogenated alkanes) is 4. The molecule has 2 saturated carbocycles. The molecule has 12 heteroatoms. The van der Waals surface area contributed by atoms with Crippen LogP contribution < -0.4 is 9.46 Å². The number of Topliss-reactive ketones (excluding diaryl/α,β-unsaturated/α-hetero) is 1. The normalized spacial score (nSPS) is 23.8. The van der Waals surface area contributed by atoms with Crippen molar-refractivity contribution in [3.63, 3.8) is 0 Å². The minimum absolute atomic E-state index is 0.0258. The Morgan fingerprint density at radius 3 is 2.65 bits per heavy atom. The molecule has 0 spiro atoms. The van der Waals surface area contributed by atoms with Crippen molar-refractivity contribution in [2.45, 2.75) is 115 Å². The number of nitrogens with zero attached hydrogens (tertiary/aromatic N) is 2. The fraction of sp³-hybridized carbons (Fsp3) is 0.538. The second-order valence-electron chi connectivity index (χ2n) is 14.9. The summed E-state index contributed by atoms with van der Waals surface area (Å²) in [7, 11) is -3.92. The van der Waals surface area contributed by atoms with Crippen molar-refractivity contribution < 1.29 is 36.3 Å². The third-order valence-corrected chi connectivity index (χ3v) is 12.9. The SMILES string of the molecule is CCCCCC/C=C\[C@@H]1C[C@]1(CC(=O)[C@@H]1C[C@@H](Oc2nc3ccccc3o2)CN1C(=O)CCc1cc(C)cc(F)c1)C(=O)NS(=O)(=O)C1(C)CC1. The summed E-state index contributed by atoms with van der Waals surface area (Å²) in [6.07, 6.45) is 10.1. The van der Waals surface area contributed by atoms with Crippen molar-refractivity contribution in [1.82, 2.24) is 14.6 Å². The number of oxazole rings is 1. The van der Waals surface area contributed by atoms with Crippen LogP contribution in [-0.2, 0) is 30.8 Å². The lowest BCUT2D eigenvalue weighted by molar-refractivity contribution is -0.139. The van der Waals surface area contributed by atoms with Gasteiger partial charge in [-0.3, -0.25) is 19.1 Å². The fourth-order valence-electron chi connectivity index (χ4n) is 7.16. The van der Waals surface area contributed by atoms with Crippen molar-refractivity contribution in [2.75, 3.05) is 6.54 Å². The number of para-hydroxylation sites is 2. The van der Waals surface area contributed by atoms with E-state index >= 15 is 0 Å². The summed E-state index contributed by atoms with van der Waals surface area (Å²) in [5.41, 5.74) is 1.33. The van der Waals surface area contributed by atoms with E-state index in [1.807, 2.05) is 30.4 Å². The molecule has 6 rings (SSSR count). The van der Waals surface area contributed by atoms with E-state index in [1.165, 1.54) is 17.0 Å². The van der Waals surface area contributed by atoms with Gasteiger partial charge in [-0.2, -0.15) is 4.98 Å². The lowest BCUT2D eigenvalue weighted by Gasteiger charge is -2.25. The van der Waals surface area contributed by atoms with Crippen LogP contribution in [0.5, 0.6) is 6.08 Å². The maximum Gasteiger partial charge on any atom is 0.394 e.